The van der Waals surface area contributed by atoms with E-state index in [1.807, 2.05) is 0 Å². The van der Waals surface area contributed by atoms with Gasteiger partial charge in [-0.15, -0.1) is 0 Å². The number of esters is 2. The van der Waals surface area contributed by atoms with Crippen LogP contribution in [0.25, 0.3) is 0 Å². The van der Waals surface area contributed by atoms with Crippen LogP contribution in [0.4, 0.5) is 0 Å². The summed E-state index contributed by atoms with van der Waals surface area (Å²) < 4.78 is 10.7. The second-order valence-electron chi connectivity index (χ2n) is 23.2. The monoisotopic (exact) mass is 1140 g/mol. The van der Waals surface area contributed by atoms with Crippen molar-refractivity contribution >= 4 is 11.9 Å². The highest BCUT2D eigenvalue weighted by atomic mass is 16.6. The quantitative estimate of drug-likeness (QED) is 0.0373. The van der Waals surface area contributed by atoms with E-state index in [4.69, 9.17) is 9.47 Å². The zero-order chi connectivity index (χ0) is 59.1. The van der Waals surface area contributed by atoms with Gasteiger partial charge in [0.15, 0.2) is 6.10 Å². The predicted molar refractivity (Wildman–Crippen MR) is 362 cm³/mol. The number of carbonyl (C=O) groups excluding carboxylic acids is 2. The average molecular weight is 1140 g/mol. The molecule has 0 aliphatic carbocycles. The number of aliphatic hydroxyl groups is 1. The molecule has 0 heterocycles. The third kappa shape index (κ3) is 68.8. The largest absolute Gasteiger partial charge is 0.462 e. The summed E-state index contributed by atoms with van der Waals surface area (Å²) in [7, 11) is 0. The van der Waals surface area contributed by atoms with Crippen molar-refractivity contribution in [2.24, 2.45) is 0 Å². The van der Waals surface area contributed by atoms with Gasteiger partial charge in [-0.3, -0.25) is 9.59 Å². The van der Waals surface area contributed by atoms with Crippen molar-refractivity contribution in [3.63, 3.8) is 0 Å². The Hall–Kier alpha value is -3.70. The van der Waals surface area contributed by atoms with Crippen molar-refractivity contribution in [2.45, 2.75) is 341 Å². The highest BCUT2D eigenvalue weighted by molar-refractivity contribution is 5.70. The standard InChI is InChI=1S/C77H132O5/c1-3-5-7-9-11-13-15-17-19-21-23-25-27-29-31-33-34-35-36-37-38-39-40-41-42-44-45-47-49-51-53-55-57-59-61-63-65-67-69-71-76(79)81-74-75(73-78)82-77(80)72-70-68-66-64-62-60-58-56-54-52-50-48-46-43-32-30-28-26-24-22-20-18-16-14-12-10-8-6-4-2/h6,8,12,14,18,20-21,23-24,26,30,32,46,48,52,54,58,60,64,66,75,78H,3-5,7,9-11,13,15-17,19,22,25,27-29,31,33-45,47,49-51,53,55-57,59,61-63,65,67-74H2,1-2H3/b8-6-,14-12-,20-18-,23-21-,26-24-,32-30-,48-46-,54-52-,60-58-,66-64-. The molecule has 0 fully saturated rings. The van der Waals surface area contributed by atoms with E-state index in [1.165, 1.54) is 218 Å². The molecule has 0 aromatic rings. The van der Waals surface area contributed by atoms with Crippen molar-refractivity contribution in [1.82, 2.24) is 0 Å². The summed E-state index contributed by atoms with van der Waals surface area (Å²) in [5, 5.41) is 9.68. The molecular formula is C77H132O5. The molecule has 0 bridgehead atoms. The van der Waals surface area contributed by atoms with E-state index in [2.05, 4.69) is 135 Å². The molecule has 0 spiro atoms. The van der Waals surface area contributed by atoms with Gasteiger partial charge in [0, 0.05) is 12.8 Å². The molecule has 470 valence electrons. The van der Waals surface area contributed by atoms with Crippen molar-refractivity contribution in [3.8, 4) is 0 Å². The fourth-order valence-corrected chi connectivity index (χ4v) is 10.0. The minimum atomic E-state index is -0.812. The average Bonchev–Trinajstić information content (AvgIpc) is 3.49. The number of carbonyl (C=O) groups is 2. The van der Waals surface area contributed by atoms with Gasteiger partial charge in [0.1, 0.15) is 6.61 Å². The van der Waals surface area contributed by atoms with E-state index >= 15 is 0 Å². The lowest BCUT2D eigenvalue weighted by Crippen LogP contribution is -2.28. The van der Waals surface area contributed by atoms with Gasteiger partial charge in [0.25, 0.3) is 0 Å². The van der Waals surface area contributed by atoms with E-state index in [-0.39, 0.29) is 31.6 Å². The van der Waals surface area contributed by atoms with Gasteiger partial charge < -0.3 is 14.6 Å². The number of unbranched alkanes of at least 4 members (excludes halogenated alkanes) is 36. The Kier molecular flexibility index (Phi) is 68.3. The smallest absolute Gasteiger partial charge is 0.306 e. The van der Waals surface area contributed by atoms with Crippen LogP contribution in [0.3, 0.4) is 0 Å². The first kappa shape index (κ1) is 78.3. The normalized spacial score (nSPS) is 13.0. The van der Waals surface area contributed by atoms with Crippen LogP contribution in [0.1, 0.15) is 335 Å². The molecule has 0 radical (unpaired) electrons. The zero-order valence-electron chi connectivity index (χ0n) is 54.0. The van der Waals surface area contributed by atoms with E-state index < -0.39 is 6.10 Å². The van der Waals surface area contributed by atoms with Crippen LogP contribution < -0.4 is 0 Å². The highest BCUT2D eigenvalue weighted by Crippen LogP contribution is 2.18. The molecule has 1 N–H and O–H groups in total. The number of aliphatic hydroxyl groups excluding tert-OH is 1. The lowest BCUT2D eigenvalue weighted by molar-refractivity contribution is -0.161. The molecule has 82 heavy (non-hydrogen) atoms. The van der Waals surface area contributed by atoms with Crippen molar-refractivity contribution in [1.29, 1.82) is 0 Å². The van der Waals surface area contributed by atoms with Gasteiger partial charge in [-0.05, 0) is 103 Å². The summed E-state index contributed by atoms with van der Waals surface area (Å²) in [6.45, 7) is 4.01. The summed E-state index contributed by atoms with van der Waals surface area (Å²) in [4.78, 5) is 24.6. The predicted octanol–water partition coefficient (Wildman–Crippen LogP) is 24.5. The van der Waals surface area contributed by atoms with Gasteiger partial charge in [-0.1, -0.05) is 341 Å². The molecule has 0 amide bonds. The van der Waals surface area contributed by atoms with E-state index in [0.717, 1.165) is 83.5 Å². The topological polar surface area (TPSA) is 72.8 Å². The molecule has 1 atom stereocenters. The number of hydrogen-bond donors (Lipinski definition) is 1. The Bertz CT molecular complexity index is 1620. The van der Waals surface area contributed by atoms with Crippen LogP contribution in [0.5, 0.6) is 0 Å². The van der Waals surface area contributed by atoms with Gasteiger partial charge in [-0.2, -0.15) is 0 Å². The van der Waals surface area contributed by atoms with Crippen LogP contribution in [-0.4, -0.2) is 36.4 Å². The summed E-state index contributed by atoms with van der Waals surface area (Å²) in [5.41, 5.74) is 0. The Balaban J connectivity index is 3.51. The second kappa shape index (κ2) is 71.6. The second-order valence-corrected chi connectivity index (χ2v) is 23.2. The minimum Gasteiger partial charge on any atom is -0.462 e. The van der Waals surface area contributed by atoms with Gasteiger partial charge in [0.2, 0.25) is 0 Å². The molecular weight excluding hydrogens is 1000 g/mol. The molecule has 0 aliphatic rings. The fraction of sp³-hybridized carbons (Fsp3) is 0.714. The Morgan fingerprint density at radius 1 is 0.293 bits per heavy atom. The molecule has 0 aromatic heterocycles. The summed E-state index contributed by atoms with van der Waals surface area (Å²) in [6.07, 6.45) is 105. The van der Waals surface area contributed by atoms with Crippen LogP contribution >= 0.6 is 0 Å². The minimum absolute atomic E-state index is 0.0934. The molecule has 0 saturated heterocycles. The van der Waals surface area contributed by atoms with Crippen molar-refractivity contribution in [2.75, 3.05) is 13.2 Å². The lowest BCUT2D eigenvalue weighted by atomic mass is 10.0. The third-order valence-corrected chi connectivity index (χ3v) is 15.2. The molecule has 1 unspecified atom stereocenters. The summed E-state index contributed by atoms with van der Waals surface area (Å²) in [6, 6.07) is 0. The molecule has 5 heteroatoms. The zero-order valence-corrected chi connectivity index (χ0v) is 54.0. The van der Waals surface area contributed by atoms with Crippen molar-refractivity contribution < 1.29 is 24.2 Å². The number of rotatable bonds is 64. The lowest BCUT2D eigenvalue weighted by Gasteiger charge is -2.15. The first-order valence-corrected chi connectivity index (χ1v) is 35.1. The SMILES string of the molecule is CC/C=C\C/C=C\C/C=C\C/C=C\C/C=C\C/C=C\C/C=C\C/C=C\C/C=C\CCCC(=O)OC(CO)COC(=O)CCCCCCCCCCCCCCCCCCCCCCCCCCCCC/C=C\CCCCCCCCCC. The van der Waals surface area contributed by atoms with Gasteiger partial charge in [-0.25, -0.2) is 0 Å². The molecule has 0 rings (SSSR count). The van der Waals surface area contributed by atoms with E-state index in [0.29, 0.717) is 12.8 Å². The van der Waals surface area contributed by atoms with Crippen LogP contribution in [-0.2, 0) is 19.1 Å². The van der Waals surface area contributed by atoms with Crippen LogP contribution in [0.2, 0.25) is 0 Å². The maximum atomic E-state index is 12.3. The first-order valence-electron chi connectivity index (χ1n) is 35.1. The number of allylic oxidation sites excluding steroid dienone is 20. The van der Waals surface area contributed by atoms with Crippen LogP contribution in [0.15, 0.2) is 122 Å². The summed E-state index contributed by atoms with van der Waals surface area (Å²) >= 11 is 0. The first-order chi connectivity index (χ1) is 40.6. The maximum absolute atomic E-state index is 12.3. The van der Waals surface area contributed by atoms with Gasteiger partial charge in [0.05, 0.1) is 6.61 Å². The molecule has 0 aromatic carbocycles. The Labute approximate surface area is 509 Å². The molecule has 0 aliphatic heterocycles. The summed E-state index contributed by atoms with van der Waals surface area (Å²) in [5.74, 6) is -0.656. The number of hydrogen-bond acceptors (Lipinski definition) is 5. The molecule has 0 saturated carbocycles. The van der Waals surface area contributed by atoms with Crippen molar-refractivity contribution in [3.05, 3.63) is 122 Å². The Morgan fingerprint density at radius 2 is 0.537 bits per heavy atom. The fourth-order valence-electron chi connectivity index (χ4n) is 10.0. The number of ether oxygens (including phenoxy) is 2. The Morgan fingerprint density at radius 3 is 0.841 bits per heavy atom. The van der Waals surface area contributed by atoms with E-state index in [9.17, 15) is 14.7 Å². The molecule has 5 nitrogen and oxygen atoms in total. The highest BCUT2D eigenvalue weighted by Gasteiger charge is 2.16. The van der Waals surface area contributed by atoms with E-state index in [1.54, 1.807) is 0 Å². The van der Waals surface area contributed by atoms with Crippen LogP contribution in [0, 0.1) is 0 Å². The maximum Gasteiger partial charge on any atom is 0.306 e. The third-order valence-electron chi connectivity index (χ3n) is 15.2. The van der Waals surface area contributed by atoms with Gasteiger partial charge >= 0.3 is 11.9 Å².